The molecule has 0 saturated carbocycles. The topological polar surface area (TPSA) is 57.4 Å². The van der Waals surface area contributed by atoms with Gasteiger partial charge in [-0.2, -0.15) is 5.10 Å². The number of rotatable bonds is 5. The smallest absolute Gasteiger partial charge is 0.185 e. The Bertz CT molecular complexity index is 493. The standard InChI is InChI=1S/C13H19N5OS/c19-12(11-18-4-1-2-15-18)10-16-5-7-17(8-6-16)13-14-3-9-20-13/h1-4,9,12,19H,5-8,10-11H2/t12-/m1/s1. The SMILES string of the molecule is O[C@H](CN1CCN(c2nccs2)CC1)Cn1cccn1. The Morgan fingerprint density at radius 1 is 1.20 bits per heavy atom. The second-order valence-electron chi connectivity index (χ2n) is 4.98. The molecule has 7 heteroatoms. The summed E-state index contributed by atoms with van der Waals surface area (Å²) in [7, 11) is 0. The molecule has 0 bridgehead atoms. The molecule has 0 unspecified atom stereocenters. The van der Waals surface area contributed by atoms with Crippen molar-refractivity contribution < 1.29 is 5.11 Å². The van der Waals surface area contributed by atoms with Gasteiger partial charge in [0.15, 0.2) is 5.13 Å². The van der Waals surface area contributed by atoms with Crippen LogP contribution in [0.4, 0.5) is 5.13 Å². The zero-order valence-electron chi connectivity index (χ0n) is 11.3. The molecule has 3 rings (SSSR count). The van der Waals surface area contributed by atoms with Gasteiger partial charge in [0, 0.05) is 56.7 Å². The second-order valence-corrected chi connectivity index (χ2v) is 5.86. The number of anilines is 1. The molecule has 1 atom stereocenters. The first-order valence-corrected chi connectivity index (χ1v) is 7.71. The van der Waals surface area contributed by atoms with Gasteiger partial charge in [-0.1, -0.05) is 0 Å². The lowest BCUT2D eigenvalue weighted by Gasteiger charge is -2.35. The van der Waals surface area contributed by atoms with Crippen molar-refractivity contribution in [1.29, 1.82) is 0 Å². The molecule has 1 aliphatic heterocycles. The van der Waals surface area contributed by atoms with Crippen LogP contribution in [-0.4, -0.2) is 63.6 Å². The van der Waals surface area contributed by atoms with Gasteiger partial charge in [0.25, 0.3) is 0 Å². The molecule has 0 aliphatic carbocycles. The molecule has 3 heterocycles. The molecular weight excluding hydrogens is 274 g/mol. The molecule has 6 nitrogen and oxygen atoms in total. The minimum Gasteiger partial charge on any atom is -0.390 e. The van der Waals surface area contributed by atoms with Crippen LogP contribution in [0.5, 0.6) is 0 Å². The van der Waals surface area contributed by atoms with Gasteiger partial charge in [-0.25, -0.2) is 4.98 Å². The molecular formula is C13H19N5OS. The van der Waals surface area contributed by atoms with Gasteiger partial charge in [0.2, 0.25) is 0 Å². The highest BCUT2D eigenvalue weighted by molar-refractivity contribution is 7.13. The van der Waals surface area contributed by atoms with E-state index in [1.54, 1.807) is 22.2 Å². The van der Waals surface area contributed by atoms with Gasteiger partial charge >= 0.3 is 0 Å². The van der Waals surface area contributed by atoms with E-state index < -0.39 is 0 Å². The average molecular weight is 293 g/mol. The van der Waals surface area contributed by atoms with Gasteiger partial charge in [0.1, 0.15) is 0 Å². The molecule has 0 radical (unpaired) electrons. The van der Waals surface area contributed by atoms with E-state index in [0.29, 0.717) is 13.1 Å². The number of hydrogen-bond acceptors (Lipinski definition) is 6. The van der Waals surface area contributed by atoms with Crippen LogP contribution in [0.2, 0.25) is 0 Å². The summed E-state index contributed by atoms with van der Waals surface area (Å²) >= 11 is 1.68. The van der Waals surface area contributed by atoms with Crippen LogP contribution in [0.3, 0.4) is 0 Å². The Kier molecular flexibility index (Phi) is 4.29. The third-order valence-electron chi connectivity index (χ3n) is 3.49. The molecule has 20 heavy (non-hydrogen) atoms. The van der Waals surface area contributed by atoms with E-state index in [4.69, 9.17) is 0 Å². The van der Waals surface area contributed by atoms with Crippen LogP contribution in [0, 0.1) is 0 Å². The molecule has 1 saturated heterocycles. The lowest BCUT2D eigenvalue weighted by atomic mass is 10.2. The monoisotopic (exact) mass is 293 g/mol. The zero-order chi connectivity index (χ0) is 13.8. The van der Waals surface area contributed by atoms with E-state index in [-0.39, 0.29) is 6.10 Å². The van der Waals surface area contributed by atoms with Crippen molar-refractivity contribution >= 4 is 16.5 Å². The summed E-state index contributed by atoms with van der Waals surface area (Å²) in [5.41, 5.74) is 0. The highest BCUT2D eigenvalue weighted by atomic mass is 32.1. The fourth-order valence-electron chi connectivity index (χ4n) is 2.47. The first-order valence-electron chi connectivity index (χ1n) is 6.83. The van der Waals surface area contributed by atoms with Crippen molar-refractivity contribution in [3.05, 3.63) is 30.0 Å². The molecule has 1 fully saturated rings. The first kappa shape index (κ1) is 13.5. The molecule has 1 N–H and O–H groups in total. The van der Waals surface area contributed by atoms with Crippen LogP contribution in [0.1, 0.15) is 0 Å². The summed E-state index contributed by atoms with van der Waals surface area (Å²) in [4.78, 5) is 8.95. The van der Waals surface area contributed by atoms with Crippen molar-refractivity contribution in [2.45, 2.75) is 12.6 Å². The van der Waals surface area contributed by atoms with E-state index in [1.165, 1.54) is 0 Å². The predicted octanol–water partition coefficient (Wildman–Crippen LogP) is 0.523. The quantitative estimate of drug-likeness (QED) is 0.871. The molecule has 0 aromatic carbocycles. The Hall–Kier alpha value is -1.44. The molecule has 108 valence electrons. The van der Waals surface area contributed by atoms with Gasteiger partial charge in [-0.05, 0) is 6.07 Å². The van der Waals surface area contributed by atoms with Crippen LogP contribution in [0.25, 0.3) is 0 Å². The summed E-state index contributed by atoms with van der Waals surface area (Å²) in [6.07, 6.45) is 5.09. The molecule has 2 aromatic rings. The number of piperazine rings is 1. The van der Waals surface area contributed by atoms with Gasteiger partial charge < -0.3 is 10.0 Å². The Morgan fingerprint density at radius 3 is 2.70 bits per heavy atom. The summed E-state index contributed by atoms with van der Waals surface area (Å²) in [5, 5.41) is 17.3. The molecule has 0 amide bonds. The Balaban J connectivity index is 1.44. The van der Waals surface area contributed by atoms with E-state index in [1.807, 2.05) is 23.8 Å². The lowest BCUT2D eigenvalue weighted by molar-refractivity contribution is 0.0920. The number of aromatic nitrogens is 3. The van der Waals surface area contributed by atoms with Crippen molar-refractivity contribution in [1.82, 2.24) is 19.7 Å². The predicted molar refractivity (Wildman–Crippen MR) is 79.0 cm³/mol. The van der Waals surface area contributed by atoms with Crippen LogP contribution in [-0.2, 0) is 6.54 Å². The number of nitrogens with zero attached hydrogens (tertiary/aromatic N) is 5. The Morgan fingerprint density at radius 2 is 2.05 bits per heavy atom. The molecule has 1 aliphatic rings. The summed E-state index contributed by atoms with van der Waals surface area (Å²) in [6.45, 7) is 5.14. The lowest BCUT2D eigenvalue weighted by Crippen LogP contribution is -2.49. The van der Waals surface area contributed by atoms with Crippen molar-refractivity contribution in [3.63, 3.8) is 0 Å². The van der Waals surface area contributed by atoms with E-state index in [2.05, 4.69) is 19.9 Å². The summed E-state index contributed by atoms with van der Waals surface area (Å²) < 4.78 is 1.77. The third-order valence-corrected chi connectivity index (χ3v) is 4.32. The highest BCUT2D eigenvalue weighted by Gasteiger charge is 2.20. The fourth-order valence-corrected chi connectivity index (χ4v) is 3.17. The van der Waals surface area contributed by atoms with E-state index in [9.17, 15) is 5.11 Å². The number of β-amino-alcohol motifs (C(OH)–C–C–N with tert-alkyl or cyclic N) is 1. The normalized spacial score (nSPS) is 18.4. The summed E-state index contributed by atoms with van der Waals surface area (Å²) in [6, 6.07) is 1.87. The number of aliphatic hydroxyl groups excluding tert-OH is 1. The number of hydrogen-bond donors (Lipinski definition) is 1. The van der Waals surface area contributed by atoms with Gasteiger partial charge in [0.05, 0.1) is 12.6 Å². The van der Waals surface area contributed by atoms with Crippen LogP contribution >= 0.6 is 11.3 Å². The maximum absolute atomic E-state index is 10.1. The largest absolute Gasteiger partial charge is 0.390 e. The Labute approximate surface area is 122 Å². The van der Waals surface area contributed by atoms with Crippen LogP contribution in [0.15, 0.2) is 30.0 Å². The first-order chi connectivity index (χ1) is 9.81. The van der Waals surface area contributed by atoms with Crippen molar-refractivity contribution in [2.24, 2.45) is 0 Å². The number of thiazole rings is 1. The zero-order valence-corrected chi connectivity index (χ0v) is 12.1. The van der Waals surface area contributed by atoms with E-state index >= 15 is 0 Å². The minimum atomic E-state index is -0.374. The third kappa shape index (κ3) is 3.36. The second kappa shape index (κ2) is 6.34. The average Bonchev–Trinajstić information content (AvgIpc) is 3.12. The summed E-state index contributed by atoms with van der Waals surface area (Å²) in [5.74, 6) is 0. The molecule has 0 spiro atoms. The highest BCUT2D eigenvalue weighted by Crippen LogP contribution is 2.18. The maximum Gasteiger partial charge on any atom is 0.185 e. The van der Waals surface area contributed by atoms with Crippen molar-refractivity contribution in [3.8, 4) is 0 Å². The van der Waals surface area contributed by atoms with Gasteiger partial charge in [-0.15, -0.1) is 11.3 Å². The van der Waals surface area contributed by atoms with Crippen molar-refractivity contribution in [2.75, 3.05) is 37.6 Å². The number of aliphatic hydroxyl groups is 1. The van der Waals surface area contributed by atoms with E-state index in [0.717, 1.165) is 31.3 Å². The van der Waals surface area contributed by atoms with Gasteiger partial charge in [-0.3, -0.25) is 9.58 Å². The fraction of sp³-hybridized carbons (Fsp3) is 0.538. The molecule has 2 aromatic heterocycles. The minimum absolute atomic E-state index is 0.374. The van der Waals surface area contributed by atoms with Crippen LogP contribution < -0.4 is 4.90 Å². The maximum atomic E-state index is 10.1.